The molecule has 3 rings (SSSR count). The van der Waals surface area contributed by atoms with Gasteiger partial charge in [0.05, 0.1) is 10.5 Å². The molecular weight excluding hydrogens is 328 g/mol. The summed E-state index contributed by atoms with van der Waals surface area (Å²) in [5.41, 5.74) is 3.05. The molecule has 7 heteroatoms. The fourth-order valence-electron chi connectivity index (χ4n) is 2.98. The van der Waals surface area contributed by atoms with Crippen molar-refractivity contribution in [3.63, 3.8) is 0 Å². The third-order valence-electron chi connectivity index (χ3n) is 4.30. The Hall–Kier alpha value is -2.25. The lowest BCUT2D eigenvalue weighted by atomic mass is 9.98. The van der Waals surface area contributed by atoms with Crippen molar-refractivity contribution in [2.24, 2.45) is 0 Å². The molecule has 1 N–H and O–H groups in total. The van der Waals surface area contributed by atoms with Crippen molar-refractivity contribution in [1.29, 1.82) is 0 Å². The number of carboxylic acid groups (broad SMARTS) is 1. The summed E-state index contributed by atoms with van der Waals surface area (Å²) in [4.78, 5) is 15.5. The van der Waals surface area contributed by atoms with Crippen LogP contribution in [-0.2, 0) is 23.0 Å². The molecule has 0 bridgehead atoms. The minimum atomic E-state index is -3.63. The maximum absolute atomic E-state index is 13.0. The molecule has 1 aliphatic heterocycles. The predicted octanol–water partition coefficient (Wildman–Crippen LogP) is 2.14. The van der Waals surface area contributed by atoms with E-state index in [-0.39, 0.29) is 18.7 Å². The van der Waals surface area contributed by atoms with Gasteiger partial charge in [0.15, 0.2) is 0 Å². The summed E-state index contributed by atoms with van der Waals surface area (Å²) in [5.74, 6) is -1.04. The maximum atomic E-state index is 13.0. The monoisotopic (exact) mass is 346 g/mol. The van der Waals surface area contributed by atoms with Crippen molar-refractivity contribution in [3.05, 3.63) is 58.4 Å². The smallest absolute Gasteiger partial charge is 0.337 e. The molecule has 126 valence electrons. The SMILES string of the molecule is Cc1ccc(C)c(S(=O)(=O)N2CCc3c(cncc3C(=O)O)C2)c1. The van der Waals surface area contributed by atoms with Crippen molar-refractivity contribution in [2.45, 2.75) is 31.7 Å². The second-order valence-electron chi connectivity index (χ2n) is 5.99. The van der Waals surface area contributed by atoms with Crippen molar-refractivity contribution < 1.29 is 18.3 Å². The quantitative estimate of drug-likeness (QED) is 0.920. The molecule has 0 unspecified atom stereocenters. The van der Waals surface area contributed by atoms with Gasteiger partial charge in [-0.2, -0.15) is 4.31 Å². The number of sulfonamides is 1. The molecule has 1 aliphatic rings. The van der Waals surface area contributed by atoms with E-state index in [1.807, 2.05) is 13.0 Å². The molecule has 0 atom stereocenters. The Morgan fingerprint density at radius 2 is 2.00 bits per heavy atom. The Bertz CT molecular complexity index is 922. The largest absolute Gasteiger partial charge is 0.478 e. The number of hydrogen-bond acceptors (Lipinski definition) is 4. The van der Waals surface area contributed by atoms with Gasteiger partial charge in [0, 0.05) is 25.5 Å². The van der Waals surface area contributed by atoms with Gasteiger partial charge in [0.2, 0.25) is 10.0 Å². The molecule has 24 heavy (non-hydrogen) atoms. The Balaban J connectivity index is 2.00. The van der Waals surface area contributed by atoms with Gasteiger partial charge in [-0.25, -0.2) is 13.2 Å². The van der Waals surface area contributed by atoms with Crippen molar-refractivity contribution in [2.75, 3.05) is 6.54 Å². The lowest BCUT2D eigenvalue weighted by molar-refractivity contribution is 0.0694. The van der Waals surface area contributed by atoms with Gasteiger partial charge < -0.3 is 5.11 Å². The number of pyridine rings is 1. The third kappa shape index (κ3) is 2.81. The number of aromatic carboxylic acids is 1. The van der Waals surface area contributed by atoms with E-state index in [4.69, 9.17) is 0 Å². The van der Waals surface area contributed by atoms with E-state index in [1.54, 1.807) is 25.3 Å². The molecule has 0 aliphatic carbocycles. The van der Waals surface area contributed by atoms with Crippen LogP contribution in [0.15, 0.2) is 35.5 Å². The lowest BCUT2D eigenvalue weighted by Gasteiger charge is -2.29. The van der Waals surface area contributed by atoms with E-state index in [0.717, 1.165) is 5.56 Å². The second-order valence-corrected chi connectivity index (χ2v) is 7.89. The number of carboxylic acids is 1. The molecule has 0 radical (unpaired) electrons. The van der Waals surface area contributed by atoms with Gasteiger partial charge >= 0.3 is 5.97 Å². The molecule has 1 aromatic carbocycles. The Morgan fingerprint density at radius 3 is 2.71 bits per heavy atom. The Labute approximate surface area is 140 Å². The first-order valence-electron chi connectivity index (χ1n) is 7.57. The van der Waals surface area contributed by atoms with Gasteiger partial charge in [0.25, 0.3) is 0 Å². The van der Waals surface area contributed by atoms with Crippen LogP contribution in [0.2, 0.25) is 0 Å². The lowest BCUT2D eigenvalue weighted by Crippen LogP contribution is -2.37. The van der Waals surface area contributed by atoms with Crippen LogP contribution in [0.3, 0.4) is 0 Å². The summed E-state index contributed by atoms with van der Waals surface area (Å²) in [6.45, 7) is 4.02. The van der Waals surface area contributed by atoms with Gasteiger partial charge in [0.1, 0.15) is 0 Å². The number of aryl methyl sites for hydroxylation is 2. The maximum Gasteiger partial charge on any atom is 0.337 e. The summed E-state index contributed by atoms with van der Waals surface area (Å²) in [6.07, 6.45) is 3.23. The molecule has 0 saturated carbocycles. The van der Waals surface area contributed by atoms with E-state index in [9.17, 15) is 18.3 Å². The number of fused-ring (bicyclic) bond motifs is 1. The average Bonchev–Trinajstić information content (AvgIpc) is 2.55. The Kier molecular flexibility index (Phi) is 4.15. The molecule has 1 aromatic heterocycles. The van der Waals surface area contributed by atoms with Gasteiger partial charge in [-0.05, 0) is 48.6 Å². The van der Waals surface area contributed by atoms with Crippen LogP contribution in [-0.4, -0.2) is 35.3 Å². The zero-order valence-corrected chi connectivity index (χ0v) is 14.3. The van der Waals surface area contributed by atoms with Crippen LogP contribution in [0, 0.1) is 13.8 Å². The van der Waals surface area contributed by atoms with Crippen LogP contribution in [0.5, 0.6) is 0 Å². The number of rotatable bonds is 3. The van der Waals surface area contributed by atoms with Crippen LogP contribution in [0.25, 0.3) is 0 Å². The number of carbonyl (C=O) groups is 1. The molecule has 2 aromatic rings. The third-order valence-corrected chi connectivity index (χ3v) is 6.28. The summed E-state index contributed by atoms with van der Waals surface area (Å²) in [7, 11) is -3.63. The van der Waals surface area contributed by atoms with Crippen LogP contribution < -0.4 is 0 Å². The molecule has 0 saturated heterocycles. The Morgan fingerprint density at radius 1 is 1.25 bits per heavy atom. The number of aromatic nitrogens is 1. The van der Waals surface area contributed by atoms with Gasteiger partial charge in [-0.15, -0.1) is 0 Å². The fraction of sp³-hybridized carbons (Fsp3) is 0.294. The van der Waals surface area contributed by atoms with Gasteiger partial charge in [-0.3, -0.25) is 4.98 Å². The number of hydrogen-bond donors (Lipinski definition) is 1. The van der Waals surface area contributed by atoms with Crippen molar-refractivity contribution in [3.8, 4) is 0 Å². The standard InChI is InChI=1S/C17H18N2O4S/c1-11-3-4-12(2)16(7-11)24(22,23)19-6-5-14-13(10-19)8-18-9-15(14)17(20)21/h3-4,7-9H,5-6,10H2,1-2H3,(H,20,21). The number of nitrogens with zero attached hydrogens (tertiary/aromatic N) is 2. The van der Waals surface area contributed by atoms with E-state index < -0.39 is 16.0 Å². The number of benzene rings is 1. The average molecular weight is 346 g/mol. The topological polar surface area (TPSA) is 87.6 Å². The van der Waals surface area contributed by atoms with E-state index >= 15 is 0 Å². The highest BCUT2D eigenvalue weighted by Crippen LogP contribution is 2.28. The highest BCUT2D eigenvalue weighted by atomic mass is 32.2. The molecule has 0 spiro atoms. The first-order chi connectivity index (χ1) is 11.3. The first kappa shape index (κ1) is 16.6. The summed E-state index contributed by atoms with van der Waals surface area (Å²) in [6, 6.07) is 5.35. The summed E-state index contributed by atoms with van der Waals surface area (Å²) in [5, 5.41) is 9.24. The van der Waals surface area contributed by atoms with Crippen LogP contribution in [0.1, 0.15) is 32.6 Å². The highest BCUT2D eigenvalue weighted by Gasteiger charge is 2.31. The van der Waals surface area contributed by atoms with Crippen molar-refractivity contribution in [1.82, 2.24) is 9.29 Å². The molecule has 6 nitrogen and oxygen atoms in total. The zero-order chi connectivity index (χ0) is 17.5. The van der Waals surface area contributed by atoms with E-state index in [1.165, 1.54) is 10.5 Å². The minimum absolute atomic E-state index is 0.138. The van der Waals surface area contributed by atoms with Crippen LogP contribution >= 0.6 is 0 Å². The summed E-state index contributed by atoms with van der Waals surface area (Å²) >= 11 is 0. The minimum Gasteiger partial charge on any atom is -0.478 e. The van der Waals surface area contributed by atoms with Crippen molar-refractivity contribution >= 4 is 16.0 Å². The molecular formula is C17H18N2O4S. The van der Waals surface area contributed by atoms with E-state index in [2.05, 4.69) is 4.98 Å². The molecule has 2 heterocycles. The zero-order valence-electron chi connectivity index (χ0n) is 13.5. The predicted molar refractivity (Wildman–Crippen MR) is 88.4 cm³/mol. The normalized spacial score (nSPS) is 15.1. The van der Waals surface area contributed by atoms with E-state index in [0.29, 0.717) is 28.0 Å². The highest BCUT2D eigenvalue weighted by molar-refractivity contribution is 7.89. The molecule has 0 fully saturated rings. The summed E-state index contributed by atoms with van der Waals surface area (Å²) < 4.78 is 27.3. The first-order valence-corrected chi connectivity index (χ1v) is 9.01. The van der Waals surface area contributed by atoms with Crippen LogP contribution in [0.4, 0.5) is 0 Å². The molecule has 0 amide bonds. The van der Waals surface area contributed by atoms with Gasteiger partial charge in [-0.1, -0.05) is 12.1 Å². The fourth-order valence-corrected chi connectivity index (χ4v) is 4.71. The second kappa shape index (κ2) is 5.99.